The number of likely N-dealkylation sites (tertiary alicyclic amines) is 1. The summed E-state index contributed by atoms with van der Waals surface area (Å²) in [4.78, 5) is 13.9. The fourth-order valence-corrected chi connectivity index (χ4v) is 2.84. The van der Waals surface area contributed by atoms with Gasteiger partial charge < -0.3 is 20.7 Å². The van der Waals surface area contributed by atoms with Crippen molar-refractivity contribution in [1.82, 2.24) is 4.90 Å². The largest absolute Gasteiger partial charge is 0.444 e. The lowest BCUT2D eigenvalue weighted by Gasteiger charge is -2.35. The Morgan fingerprint density at radius 2 is 2.17 bits per heavy atom. The van der Waals surface area contributed by atoms with E-state index >= 15 is 0 Å². The number of nitrogens with two attached hydrogens (primary N) is 1. The normalized spacial score (nSPS) is 18.7. The Bertz CT molecular complexity index is 589. The second-order valence-electron chi connectivity index (χ2n) is 6.76. The molecule has 5 nitrogen and oxygen atoms in total. The molecule has 1 aliphatic heterocycles. The van der Waals surface area contributed by atoms with Crippen molar-refractivity contribution in [3.05, 3.63) is 22.4 Å². The molecule has 1 aromatic carbocycles. The number of piperidine rings is 1. The minimum atomic E-state index is -0.510. The summed E-state index contributed by atoms with van der Waals surface area (Å²) < 4.78 is 19.2. The third kappa shape index (κ3) is 4.99. The number of hydrogen-bond acceptors (Lipinski definition) is 4. The van der Waals surface area contributed by atoms with Crippen LogP contribution in [0.2, 0.25) is 0 Å². The molecule has 1 aliphatic rings. The molecule has 0 aliphatic carbocycles. The van der Waals surface area contributed by atoms with E-state index in [4.69, 9.17) is 10.5 Å². The highest BCUT2D eigenvalue weighted by molar-refractivity contribution is 9.10. The molecule has 7 heteroatoms. The van der Waals surface area contributed by atoms with Crippen molar-refractivity contribution in [2.75, 3.05) is 24.1 Å². The van der Waals surface area contributed by atoms with E-state index in [0.29, 0.717) is 28.9 Å². The van der Waals surface area contributed by atoms with Gasteiger partial charge in [0.2, 0.25) is 0 Å². The molecule has 23 heavy (non-hydrogen) atoms. The van der Waals surface area contributed by atoms with Crippen molar-refractivity contribution in [2.45, 2.75) is 45.3 Å². The van der Waals surface area contributed by atoms with E-state index in [1.807, 2.05) is 20.8 Å². The minimum Gasteiger partial charge on any atom is -0.444 e. The number of hydrogen-bond donors (Lipinski definition) is 2. The number of carbonyl (C=O) groups excluding carboxylic acids is 1. The van der Waals surface area contributed by atoms with Crippen LogP contribution in [0.15, 0.2) is 16.6 Å². The summed E-state index contributed by atoms with van der Waals surface area (Å²) in [5.41, 5.74) is 6.36. The van der Waals surface area contributed by atoms with Crippen molar-refractivity contribution in [2.24, 2.45) is 0 Å². The lowest BCUT2D eigenvalue weighted by atomic mass is 10.1. The van der Waals surface area contributed by atoms with E-state index in [9.17, 15) is 9.18 Å². The van der Waals surface area contributed by atoms with Crippen molar-refractivity contribution >= 4 is 33.4 Å². The second kappa shape index (κ2) is 6.95. The fraction of sp³-hybridized carbons (Fsp3) is 0.562. The van der Waals surface area contributed by atoms with Crippen molar-refractivity contribution in [3.8, 4) is 0 Å². The maximum absolute atomic E-state index is 13.4. The van der Waals surface area contributed by atoms with Crippen molar-refractivity contribution < 1.29 is 13.9 Å². The summed E-state index contributed by atoms with van der Waals surface area (Å²) in [5, 5.41) is 3.29. The van der Waals surface area contributed by atoms with Crippen LogP contribution in [0.1, 0.15) is 33.6 Å². The molecule has 3 N–H and O–H groups in total. The summed E-state index contributed by atoms with van der Waals surface area (Å²) in [5.74, 6) is -0.396. The first-order valence-electron chi connectivity index (χ1n) is 7.64. The lowest BCUT2D eigenvalue weighted by molar-refractivity contribution is 0.0206. The number of ether oxygens (including phenoxy) is 1. The van der Waals surface area contributed by atoms with Crippen LogP contribution >= 0.6 is 15.9 Å². The van der Waals surface area contributed by atoms with Gasteiger partial charge in [0.25, 0.3) is 0 Å². The van der Waals surface area contributed by atoms with Gasteiger partial charge in [0, 0.05) is 25.2 Å². The molecule has 0 bridgehead atoms. The third-order valence-electron chi connectivity index (χ3n) is 3.53. The number of benzene rings is 1. The summed E-state index contributed by atoms with van der Waals surface area (Å²) >= 11 is 3.16. The van der Waals surface area contributed by atoms with E-state index in [1.54, 1.807) is 11.0 Å². The van der Waals surface area contributed by atoms with E-state index in [0.717, 1.165) is 12.8 Å². The summed E-state index contributed by atoms with van der Waals surface area (Å²) in [6.45, 7) is 6.75. The van der Waals surface area contributed by atoms with Gasteiger partial charge >= 0.3 is 6.09 Å². The molecular formula is C16H23BrFN3O2. The van der Waals surface area contributed by atoms with E-state index in [2.05, 4.69) is 21.2 Å². The van der Waals surface area contributed by atoms with Crippen LogP contribution in [0.5, 0.6) is 0 Å². The Hall–Kier alpha value is -1.50. The Morgan fingerprint density at radius 1 is 1.48 bits per heavy atom. The SMILES string of the molecule is CC(C)(C)OC(=O)N1CCCC(Nc2cc(Br)c(F)cc2N)C1. The Labute approximate surface area is 144 Å². The first kappa shape index (κ1) is 17.8. The van der Waals surface area contributed by atoms with Gasteiger partial charge in [-0.15, -0.1) is 0 Å². The van der Waals surface area contributed by atoms with Crippen LogP contribution in [0.3, 0.4) is 0 Å². The van der Waals surface area contributed by atoms with Gasteiger partial charge in [-0.1, -0.05) is 0 Å². The topological polar surface area (TPSA) is 67.6 Å². The summed E-state index contributed by atoms with van der Waals surface area (Å²) in [7, 11) is 0. The van der Waals surface area contributed by atoms with Crippen molar-refractivity contribution in [3.63, 3.8) is 0 Å². The maximum Gasteiger partial charge on any atom is 0.410 e. The van der Waals surface area contributed by atoms with Crippen LogP contribution < -0.4 is 11.1 Å². The van der Waals surface area contributed by atoms with E-state index in [-0.39, 0.29) is 12.1 Å². The quantitative estimate of drug-likeness (QED) is 0.752. The van der Waals surface area contributed by atoms with Gasteiger partial charge in [0.1, 0.15) is 11.4 Å². The molecule has 2 rings (SSSR count). The molecule has 0 saturated carbocycles. The molecule has 1 fully saturated rings. The first-order valence-corrected chi connectivity index (χ1v) is 8.44. The number of carbonyl (C=O) groups is 1. The van der Waals surface area contributed by atoms with Gasteiger partial charge in [-0.3, -0.25) is 0 Å². The Morgan fingerprint density at radius 3 is 2.83 bits per heavy atom. The van der Waals surface area contributed by atoms with Crippen molar-refractivity contribution in [1.29, 1.82) is 0 Å². The standard InChI is InChI=1S/C16H23BrFN3O2/c1-16(2,3)23-15(22)21-6-4-5-10(9-21)20-14-7-11(17)12(18)8-13(14)19/h7-8,10,20H,4-6,9,19H2,1-3H3. The number of nitrogens with one attached hydrogen (secondary N) is 1. The van der Waals surface area contributed by atoms with Gasteiger partial charge in [0.05, 0.1) is 15.8 Å². The van der Waals surface area contributed by atoms with Gasteiger partial charge in [-0.2, -0.15) is 0 Å². The molecule has 0 spiro atoms. The molecule has 1 amide bonds. The molecule has 0 aromatic heterocycles. The third-order valence-corrected chi connectivity index (χ3v) is 4.13. The zero-order valence-electron chi connectivity index (χ0n) is 13.7. The molecule has 1 atom stereocenters. The predicted octanol–water partition coefficient (Wildman–Crippen LogP) is 3.98. The molecular weight excluding hydrogens is 365 g/mol. The zero-order chi connectivity index (χ0) is 17.2. The highest BCUT2D eigenvalue weighted by Gasteiger charge is 2.27. The fourth-order valence-electron chi connectivity index (χ4n) is 2.49. The van der Waals surface area contributed by atoms with Gasteiger partial charge in [-0.25, -0.2) is 9.18 Å². The smallest absolute Gasteiger partial charge is 0.410 e. The average Bonchev–Trinajstić information content (AvgIpc) is 2.43. The molecule has 128 valence electrons. The zero-order valence-corrected chi connectivity index (χ0v) is 15.2. The molecule has 1 saturated heterocycles. The molecule has 0 radical (unpaired) electrons. The summed E-state index contributed by atoms with van der Waals surface area (Å²) in [6.07, 6.45) is 1.48. The predicted molar refractivity (Wildman–Crippen MR) is 93.0 cm³/mol. The van der Waals surface area contributed by atoms with Crippen LogP contribution in [0, 0.1) is 5.82 Å². The van der Waals surface area contributed by atoms with E-state index in [1.165, 1.54) is 6.07 Å². The average molecular weight is 388 g/mol. The maximum atomic E-state index is 13.4. The molecule has 1 unspecified atom stereocenters. The number of nitrogen functional groups attached to an aromatic ring is 1. The lowest BCUT2D eigenvalue weighted by Crippen LogP contribution is -2.47. The summed E-state index contributed by atoms with van der Waals surface area (Å²) in [6, 6.07) is 2.95. The highest BCUT2D eigenvalue weighted by Crippen LogP contribution is 2.28. The number of halogens is 2. The number of amides is 1. The Kier molecular flexibility index (Phi) is 5.39. The Balaban J connectivity index is 2.02. The second-order valence-corrected chi connectivity index (χ2v) is 7.62. The molecule has 1 aromatic rings. The van der Waals surface area contributed by atoms with Crippen LogP contribution in [0.25, 0.3) is 0 Å². The highest BCUT2D eigenvalue weighted by atomic mass is 79.9. The monoisotopic (exact) mass is 387 g/mol. The van der Waals surface area contributed by atoms with Gasteiger partial charge in [-0.05, 0) is 55.6 Å². The minimum absolute atomic E-state index is 0.0518. The van der Waals surface area contributed by atoms with Crippen LogP contribution in [0.4, 0.5) is 20.6 Å². The number of rotatable bonds is 2. The van der Waals surface area contributed by atoms with Gasteiger partial charge in [0.15, 0.2) is 0 Å². The van der Waals surface area contributed by atoms with Crippen LogP contribution in [-0.4, -0.2) is 35.7 Å². The first-order chi connectivity index (χ1) is 10.7. The molecule has 1 heterocycles. The number of nitrogens with zero attached hydrogens (tertiary/aromatic N) is 1. The van der Waals surface area contributed by atoms with E-state index < -0.39 is 11.4 Å². The number of anilines is 2. The van der Waals surface area contributed by atoms with Crippen LogP contribution in [-0.2, 0) is 4.74 Å².